The first-order valence-corrected chi connectivity index (χ1v) is 11.8. The van der Waals surface area contributed by atoms with Crippen molar-refractivity contribution in [2.45, 2.75) is 31.2 Å². The fraction of sp³-hybridized carbons (Fsp3) is 0.316. The summed E-state index contributed by atoms with van der Waals surface area (Å²) in [6, 6.07) is 11.5. The van der Waals surface area contributed by atoms with Crippen molar-refractivity contribution < 1.29 is 13.2 Å². The van der Waals surface area contributed by atoms with E-state index in [1.165, 1.54) is 11.8 Å². The second-order valence-electron chi connectivity index (χ2n) is 6.10. The molecule has 0 fully saturated rings. The predicted molar refractivity (Wildman–Crippen MR) is 114 cm³/mol. The number of hydrogen-bond acceptors (Lipinski definition) is 4. The van der Waals surface area contributed by atoms with Crippen molar-refractivity contribution in [2.75, 3.05) is 22.1 Å². The summed E-state index contributed by atoms with van der Waals surface area (Å²) in [4.78, 5) is 13.9. The number of benzene rings is 2. The average molecular weight is 427 g/mol. The van der Waals surface area contributed by atoms with Gasteiger partial charge in [-0.05, 0) is 49.4 Å². The van der Waals surface area contributed by atoms with Crippen LogP contribution in [0.4, 0.5) is 11.4 Å². The molecule has 0 radical (unpaired) electrons. The van der Waals surface area contributed by atoms with Crippen LogP contribution in [-0.2, 0) is 14.8 Å². The normalized spacial score (nSPS) is 12.5. The van der Waals surface area contributed by atoms with Gasteiger partial charge in [0.25, 0.3) is 0 Å². The number of anilines is 2. The number of carbonyl (C=O) groups is 1. The molecule has 0 saturated carbocycles. The highest BCUT2D eigenvalue weighted by Crippen LogP contribution is 2.30. The molecule has 1 atom stereocenters. The third-order valence-corrected chi connectivity index (χ3v) is 6.30. The highest BCUT2D eigenvalue weighted by Gasteiger charge is 2.32. The van der Waals surface area contributed by atoms with E-state index in [1.54, 1.807) is 38.1 Å². The minimum atomic E-state index is -3.71. The smallest absolute Gasteiger partial charge is 0.248 e. The van der Waals surface area contributed by atoms with E-state index >= 15 is 0 Å². The summed E-state index contributed by atoms with van der Waals surface area (Å²) in [6.07, 6.45) is 3.33. The second-order valence-corrected chi connectivity index (χ2v) is 9.25. The summed E-state index contributed by atoms with van der Waals surface area (Å²) in [5, 5.41) is 3.28. The number of nitrogens with one attached hydrogen (secondary N) is 1. The Kier molecular flexibility index (Phi) is 7.19. The molecule has 146 valence electrons. The molecule has 0 aliphatic heterocycles. The lowest BCUT2D eigenvalue weighted by molar-refractivity contribution is -0.117. The largest absolute Gasteiger partial charge is 0.323 e. The van der Waals surface area contributed by atoms with E-state index in [0.717, 1.165) is 21.0 Å². The van der Waals surface area contributed by atoms with Crippen LogP contribution in [0.1, 0.15) is 18.9 Å². The van der Waals surface area contributed by atoms with E-state index in [0.29, 0.717) is 22.8 Å². The van der Waals surface area contributed by atoms with Crippen LogP contribution in [0.5, 0.6) is 0 Å². The Balaban J connectivity index is 2.46. The van der Waals surface area contributed by atoms with Crippen molar-refractivity contribution in [1.29, 1.82) is 0 Å². The monoisotopic (exact) mass is 426 g/mol. The number of para-hydroxylation sites is 1. The Morgan fingerprint density at radius 2 is 1.93 bits per heavy atom. The van der Waals surface area contributed by atoms with Gasteiger partial charge >= 0.3 is 0 Å². The van der Waals surface area contributed by atoms with Crippen LogP contribution in [0.15, 0.2) is 47.4 Å². The van der Waals surface area contributed by atoms with Crippen LogP contribution >= 0.6 is 23.4 Å². The summed E-state index contributed by atoms with van der Waals surface area (Å²) in [6.45, 7) is 3.57. The van der Waals surface area contributed by atoms with E-state index in [4.69, 9.17) is 11.6 Å². The predicted octanol–water partition coefficient (Wildman–Crippen LogP) is 4.55. The van der Waals surface area contributed by atoms with E-state index in [-0.39, 0.29) is 5.91 Å². The molecule has 27 heavy (non-hydrogen) atoms. The number of hydrogen-bond donors (Lipinski definition) is 1. The van der Waals surface area contributed by atoms with E-state index < -0.39 is 16.1 Å². The van der Waals surface area contributed by atoms with Gasteiger partial charge in [-0.3, -0.25) is 9.10 Å². The summed E-state index contributed by atoms with van der Waals surface area (Å²) in [5.41, 5.74) is 1.79. The van der Waals surface area contributed by atoms with Gasteiger partial charge < -0.3 is 5.32 Å². The number of carbonyl (C=O) groups excluding carboxylic acids is 1. The lowest BCUT2D eigenvalue weighted by Crippen LogP contribution is -2.47. The second kappa shape index (κ2) is 8.99. The molecule has 2 aromatic carbocycles. The highest BCUT2D eigenvalue weighted by atomic mass is 35.5. The molecule has 2 aromatic rings. The maximum absolute atomic E-state index is 13.0. The molecule has 2 rings (SSSR count). The molecule has 0 aliphatic carbocycles. The maximum atomic E-state index is 13.0. The Morgan fingerprint density at radius 1 is 1.26 bits per heavy atom. The Bertz CT molecular complexity index is 932. The first-order valence-electron chi connectivity index (χ1n) is 8.38. The van der Waals surface area contributed by atoms with Gasteiger partial charge in [0.05, 0.1) is 17.6 Å². The number of sulfonamides is 1. The third kappa shape index (κ3) is 5.18. The van der Waals surface area contributed by atoms with Gasteiger partial charge in [-0.2, -0.15) is 0 Å². The van der Waals surface area contributed by atoms with Gasteiger partial charge in [0.2, 0.25) is 15.9 Å². The Hall–Kier alpha value is -1.70. The van der Waals surface area contributed by atoms with Crippen LogP contribution in [0.25, 0.3) is 0 Å². The molecular formula is C19H23ClN2O3S2. The first-order chi connectivity index (χ1) is 12.7. The van der Waals surface area contributed by atoms with E-state index in [1.807, 2.05) is 24.5 Å². The summed E-state index contributed by atoms with van der Waals surface area (Å²) < 4.78 is 26.3. The molecule has 1 amide bonds. The Labute approximate surface area is 170 Å². The van der Waals surface area contributed by atoms with Crippen LogP contribution < -0.4 is 9.62 Å². The molecule has 0 aliphatic rings. The van der Waals surface area contributed by atoms with Crippen LogP contribution in [-0.4, -0.2) is 32.9 Å². The van der Waals surface area contributed by atoms with Gasteiger partial charge in [-0.15, -0.1) is 11.8 Å². The maximum Gasteiger partial charge on any atom is 0.248 e. The van der Waals surface area contributed by atoms with E-state index in [2.05, 4.69) is 5.32 Å². The minimum absolute atomic E-state index is 0.312. The zero-order valence-electron chi connectivity index (χ0n) is 15.7. The van der Waals surface area contributed by atoms with Gasteiger partial charge in [-0.25, -0.2) is 8.42 Å². The Morgan fingerprint density at radius 3 is 2.52 bits per heavy atom. The fourth-order valence-corrected chi connectivity index (χ4v) is 4.80. The number of thioether (sulfide) groups is 1. The van der Waals surface area contributed by atoms with Crippen molar-refractivity contribution in [2.24, 2.45) is 0 Å². The zero-order valence-corrected chi connectivity index (χ0v) is 18.1. The molecule has 0 bridgehead atoms. The van der Waals surface area contributed by atoms with E-state index in [9.17, 15) is 13.2 Å². The van der Waals surface area contributed by atoms with Crippen molar-refractivity contribution in [3.8, 4) is 0 Å². The number of rotatable bonds is 7. The summed E-state index contributed by atoms with van der Waals surface area (Å²) in [5.74, 6) is -0.385. The molecule has 0 aromatic heterocycles. The molecule has 0 heterocycles. The summed E-state index contributed by atoms with van der Waals surface area (Å²) in [7, 11) is -3.71. The van der Waals surface area contributed by atoms with Crippen LogP contribution in [0, 0.1) is 6.92 Å². The van der Waals surface area contributed by atoms with Gasteiger partial charge in [0.1, 0.15) is 6.04 Å². The van der Waals surface area contributed by atoms with Crippen molar-refractivity contribution in [1.82, 2.24) is 0 Å². The minimum Gasteiger partial charge on any atom is -0.323 e. The van der Waals surface area contributed by atoms with Crippen LogP contribution in [0.3, 0.4) is 0 Å². The lowest BCUT2D eigenvalue weighted by atomic mass is 10.1. The zero-order chi connectivity index (χ0) is 20.2. The van der Waals surface area contributed by atoms with Gasteiger partial charge in [0.15, 0.2) is 0 Å². The van der Waals surface area contributed by atoms with Gasteiger partial charge in [-0.1, -0.05) is 36.7 Å². The molecule has 5 nitrogen and oxygen atoms in total. The third-order valence-electron chi connectivity index (χ3n) is 4.10. The molecule has 0 unspecified atom stereocenters. The number of halogens is 1. The highest BCUT2D eigenvalue weighted by molar-refractivity contribution is 7.98. The quantitative estimate of drug-likeness (QED) is 0.659. The topological polar surface area (TPSA) is 66.5 Å². The number of aryl methyl sites for hydroxylation is 1. The molecule has 1 N–H and O–H groups in total. The van der Waals surface area contributed by atoms with Gasteiger partial charge in [0, 0.05) is 9.92 Å². The van der Waals surface area contributed by atoms with Crippen molar-refractivity contribution >= 4 is 50.7 Å². The summed E-state index contributed by atoms with van der Waals surface area (Å²) >= 11 is 7.59. The van der Waals surface area contributed by atoms with Crippen molar-refractivity contribution in [3.63, 3.8) is 0 Å². The molecule has 0 spiro atoms. The number of amides is 1. The first kappa shape index (κ1) is 21.6. The molecule has 0 saturated heterocycles. The molecular weight excluding hydrogens is 404 g/mol. The number of nitrogens with zero attached hydrogens (tertiary/aromatic N) is 1. The SMILES string of the molecule is CC[C@H](C(=O)Nc1ccccc1SC)N(c1cc(Cl)ccc1C)S(C)(=O)=O. The standard InChI is InChI=1S/C19H23ClN2O3S2/c1-5-16(19(23)21-15-8-6-7-9-18(15)26-3)22(27(4,24)25)17-12-14(20)11-10-13(17)2/h6-12,16H,5H2,1-4H3,(H,21,23)/t16-/m1/s1. The van der Waals surface area contributed by atoms with Crippen LogP contribution in [0.2, 0.25) is 5.02 Å². The lowest BCUT2D eigenvalue weighted by Gasteiger charge is -2.31. The average Bonchev–Trinajstić information content (AvgIpc) is 2.61. The molecule has 8 heteroatoms. The van der Waals surface area contributed by atoms with Crippen molar-refractivity contribution in [3.05, 3.63) is 53.1 Å². The fourth-order valence-electron chi connectivity index (χ4n) is 2.82.